The summed E-state index contributed by atoms with van der Waals surface area (Å²) in [6.45, 7) is 3.97. The van der Waals surface area contributed by atoms with Crippen LogP contribution in [0.2, 0.25) is 0 Å². The van der Waals surface area contributed by atoms with Crippen molar-refractivity contribution in [2.24, 2.45) is 0 Å². The number of aryl methyl sites for hydroxylation is 1. The predicted molar refractivity (Wildman–Crippen MR) is 118 cm³/mol. The van der Waals surface area contributed by atoms with Crippen molar-refractivity contribution in [3.05, 3.63) is 53.6 Å². The van der Waals surface area contributed by atoms with Crippen molar-refractivity contribution in [2.75, 3.05) is 11.9 Å². The first-order valence-corrected chi connectivity index (χ1v) is 11.1. The Morgan fingerprint density at radius 3 is 2.84 bits per heavy atom. The number of hydrogen-bond donors (Lipinski definition) is 1. The van der Waals surface area contributed by atoms with E-state index in [0.29, 0.717) is 22.2 Å². The molecule has 1 aliphatic heterocycles. The van der Waals surface area contributed by atoms with E-state index in [1.165, 1.54) is 17.3 Å². The number of ether oxygens (including phenoxy) is 1. The first-order chi connectivity index (χ1) is 15.0. The highest BCUT2D eigenvalue weighted by molar-refractivity contribution is 8.00. The van der Waals surface area contributed by atoms with Gasteiger partial charge >= 0.3 is 0 Å². The number of fused-ring (bicyclic) bond motifs is 1. The molecule has 1 N–H and O–H groups in total. The molecule has 1 amide bonds. The Bertz CT molecular complexity index is 1100. The van der Waals surface area contributed by atoms with Crippen molar-refractivity contribution >= 4 is 29.1 Å². The zero-order valence-electron chi connectivity index (χ0n) is 17.4. The molecule has 1 atom stereocenters. The third kappa shape index (κ3) is 4.77. The van der Waals surface area contributed by atoms with Crippen molar-refractivity contribution in [1.29, 1.82) is 0 Å². The van der Waals surface area contributed by atoms with Crippen LogP contribution in [0.15, 0.2) is 47.6 Å². The normalized spacial score (nSPS) is 13.8. The Balaban J connectivity index is 1.48. The summed E-state index contributed by atoms with van der Waals surface area (Å²) < 4.78 is 6.99. The van der Waals surface area contributed by atoms with E-state index in [9.17, 15) is 9.59 Å². The van der Waals surface area contributed by atoms with Gasteiger partial charge in [-0.2, -0.15) is 4.68 Å². The average molecular weight is 438 g/mol. The summed E-state index contributed by atoms with van der Waals surface area (Å²) in [6, 6.07) is 13.2. The number of Topliss-reactive ketones (excluding diaryl/α,β-unsaturated/α-hetero) is 1. The molecule has 1 unspecified atom stereocenters. The lowest BCUT2D eigenvalue weighted by Crippen LogP contribution is -2.25. The van der Waals surface area contributed by atoms with Gasteiger partial charge in [0.2, 0.25) is 5.16 Å². The first-order valence-electron chi connectivity index (χ1n) is 10.2. The number of benzene rings is 2. The van der Waals surface area contributed by atoms with E-state index < -0.39 is 5.25 Å². The lowest BCUT2D eigenvalue weighted by Gasteiger charge is -2.19. The number of amides is 1. The maximum Gasteiger partial charge on any atom is 0.262 e. The van der Waals surface area contributed by atoms with Crippen LogP contribution in [0.5, 0.6) is 5.75 Å². The van der Waals surface area contributed by atoms with E-state index in [-0.39, 0.29) is 18.3 Å². The lowest BCUT2D eigenvalue weighted by atomic mass is 10.1. The van der Waals surface area contributed by atoms with E-state index in [4.69, 9.17) is 4.74 Å². The molecular formula is C22H23N5O3S. The summed E-state index contributed by atoms with van der Waals surface area (Å²) in [5.74, 6) is 0.235. The topological polar surface area (TPSA) is 99.0 Å². The summed E-state index contributed by atoms with van der Waals surface area (Å²) >= 11 is 1.29. The van der Waals surface area contributed by atoms with Crippen molar-refractivity contribution in [3.63, 3.8) is 0 Å². The number of carbonyl (C=O) groups excluding carboxylic acids is 2. The average Bonchev–Trinajstić information content (AvgIpc) is 3.25. The maximum absolute atomic E-state index is 13.0. The summed E-state index contributed by atoms with van der Waals surface area (Å²) in [6.07, 6.45) is 3.36. The Kier molecular flexibility index (Phi) is 6.31. The number of tetrazole rings is 1. The van der Waals surface area contributed by atoms with Gasteiger partial charge in [0.15, 0.2) is 12.4 Å². The number of thioether (sulfide) groups is 1. The minimum atomic E-state index is -0.424. The molecule has 160 valence electrons. The molecule has 3 aromatic rings. The molecule has 1 aromatic heterocycles. The van der Waals surface area contributed by atoms with Crippen LogP contribution < -0.4 is 10.1 Å². The van der Waals surface area contributed by atoms with Gasteiger partial charge in [-0.25, -0.2) is 0 Å². The fraction of sp³-hybridized carbons (Fsp3) is 0.318. The third-order valence-corrected chi connectivity index (χ3v) is 6.02. The first kappa shape index (κ1) is 21.0. The minimum Gasteiger partial charge on any atom is -0.482 e. The van der Waals surface area contributed by atoms with E-state index >= 15 is 0 Å². The molecule has 0 radical (unpaired) electrons. The number of nitrogens with one attached hydrogen (secondary N) is 1. The number of rotatable bonds is 8. The smallest absolute Gasteiger partial charge is 0.262 e. The predicted octanol–water partition coefficient (Wildman–Crippen LogP) is 3.70. The fourth-order valence-electron chi connectivity index (χ4n) is 3.28. The molecule has 0 bridgehead atoms. The van der Waals surface area contributed by atoms with Crippen LogP contribution in [-0.4, -0.2) is 43.8 Å². The number of unbranched alkanes of at least 4 members (excludes halogenated alkanes) is 1. The number of aromatic nitrogens is 4. The third-order valence-electron chi connectivity index (χ3n) is 4.99. The second kappa shape index (κ2) is 9.30. The summed E-state index contributed by atoms with van der Waals surface area (Å²) in [4.78, 5) is 24.5. The Labute approximate surface area is 184 Å². The van der Waals surface area contributed by atoms with Gasteiger partial charge in [0.1, 0.15) is 5.75 Å². The van der Waals surface area contributed by atoms with Gasteiger partial charge in [-0.1, -0.05) is 37.2 Å². The fourth-order valence-corrected chi connectivity index (χ4v) is 4.17. The summed E-state index contributed by atoms with van der Waals surface area (Å²) in [5.41, 5.74) is 3.12. The van der Waals surface area contributed by atoms with Gasteiger partial charge in [-0.15, -0.1) is 5.10 Å². The molecule has 0 spiro atoms. The molecular weight excluding hydrogens is 414 g/mol. The molecule has 2 aromatic carbocycles. The molecule has 4 rings (SSSR count). The molecule has 0 fully saturated rings. The van der Waals surface area contributed by atoms with Crippen molar-refractivity contribution < 1.29 is 14.3 Å². The van der Waals surface area contributed by atoms with Crippen molar-refractivity contribution in [3.8, 4) is 11.4 Å². The number of nitrogens with zero attached hydrogens (tertiary/aromatic N) is 4. The van der Waals surface area contributed by atoms with Gasteiger partial charge in [0.25, 0.3) is 5.91 Å². The van der Waals surface area contributed by atoms with Crippen molar-refractivity contribution in [1.82, 2.24) is 20.2 Å². The van der Waals surface area contributed by atoms with Gasteiger partial charge in [-0.3, -0.25) is 9.59 Å². The monoisotopic (exact) mass is 437 g/mol. The number of ketones is 1. The van der Waals surface area contributed by atoms with Gasteiger partial charge < -0.3 is 10.1 Å². The largest absolute Gasteiger partial charge is 0.482 e. The summed E-state index contributed by atoms with van der Waals surface area (Å²) in [5, 5.41) is 14.8. The zero-order chi connectivity index (χ0) is 21.8. The highest BCUT2D eigenvalue weighted by atomic mass is 32.2. The molecule has 31 heavy (non-hydrogen) atoms. The van der Waals surface area contributed by atoms with Crippen LogP contribution >= 0.6 is 11.8 Å². The number of hydrogen-bond acceptors (Lipinski definition) is 7. The highest BCUT2D eigenvalue weighted by Gasteiger charge is 2.23. The highest BCUT2D eigenvalue weighted by Crippen LogP contribution is 2.31. The van der Waals surface area contributed by atoms with E-state index in [0.717, 1.165) is 24.9 Å². The standard InChI is InChI=1S/C22H23N5O3S/c1-3-4-5-15-6-9-17(10-7-15)27-22(24-25-26-27)31-14(2)21(29)16-8-11-19-18(12-16)23-20(28)13-30-19/h6-12,14H,3-5,13H2,1-2H3,(H,23,28). The van der Waals surface area contributed by atoms with Crippen LogP contribution in [0.4, 0.5) is 5.69 Å². The van der Waals surface area contributed by atoms with Gasteiger partial charge in [0, 0.05) is 5.56 Å². The Morgan fingerprint density at radius 1 is 1.26 bits per heavy atom. The Hall–Kier alpha value is -3.20. The van der Waals surface area contributed by atoms with Crippen LogP contribution in [0.3, 0.4) is 0 Å². The minimum absolute atomic E-state index is 0.0191. The molecule has 0 saturated heterocycles. The molecule has 1 aliphatic rings. The van der Waals surface area contributed by atoms with Gasteiger partial charge in [-0.05, 0) is 66.1 Å². The van der Waals surface area contributed by atoms with Crippen LogP contribution in [0, 0.1) is 0 Å². The Morgan fingerprint density at radius 2 is 2.06 bits per heavy atom. The van der Waals surface area contributed by atoms with Crippen LogP contribution in [-0.2, 0) is 11.2 Å². The van der Waals surface area contributed by atoms with E-state index in [2.05, 4.69) is 39.9 Å². The lowest BCUT2D eigenvalue weighted by molar-refractivity contribution is -0.118. The van der Waals surface area contributed by atoms with Crippen LogP contribution in [0.1, 0.15) is 42.6 Å². The molecule has 8 nitrogen and oxygen atoms in total. The van der Waals surface area contributed by atoms with Crippen LogP contribution in [0.25, 0.3) is 5.69 Å². The number of anilines is 1. The summed E-state index contributed by atoms with van der Waals surface area (Å²) in [7, 11) is 0. The molecule has 9 heteroatoms. The van der Waals surface area contributed by atoms with E-state index in [1.54, 1.807) is 22.9 Å². The van der Waals surface area contributed by atoms with E-state index in [1.807, 2.05) is 19.1 Å². The number of carbonyl (C=O) groups is 2. The second-order valence-corrected chi connectivity index (χ2v) is 8.62. The zero-order valence-corrected chi connectivity index (χ0v) is 18.2. The van der Waals surface area contributed by atoms with Gasteiger partial charge in [0.05, 0.1) is 16.6 Å². The van der Waals surface area contributed by atoms with Crippen molar-refractivity contribution in [2.45, 2.75) is 43.5 Å². The SMILES string of the molecule is CCCCc1ccc(-n2nnnc2SC(C)C(=O)c2ccc3c(c2)NC(=O)CO3)cc1. The molecule has 2 heterocycles. The second-order valence-electron chi connectivity index (χ2n) is 7.32. The molecule has 0 saturated carbocycles. The maximum atomic E-state index is 13.0. The quantitative estimate of drug-likeness (QED) is 0.424. The molecule has 0 aliphatic carbocycles.